The molecular weight excluding hydrogens is 308 g/mol. The minimum Gasteiger partial charge on any atom is -0.399 e. The number of rotatable bonds is 4. The van der Waals surface area contributed by atoms with Crippen molar-refractivity contribution >= 4 is 24.0 Å². The summed E-state index contributed by atoms with van der Waals surface area (Å²) in [5.74, 6) is 0.135. The third kappa shape index (κ3) is 4.26. The highest BCUT2D eigenvalue weighted by atomic mass is 35.5. The van der Waals surface area contributed by atoms with Gasteiger partial charge in [-0.15, -0.1) is 12.4 Å². The zero-order chi connectivity index (χ0) is 15.4. The van der Waals surface area contributed by atoms with Crippen molar-refractivity contribution in [2.75, 3.05) is 12.3 Å². The maximum absolute atomic E-state index is 12.7. The maximum Gasteiger partial charge on any atom is 0.254 e. The molecule has 2 N–H and O–H groups in total. The first-order chi connectivity index (χ1) is 10.7. The molecule has 0 radical (unpaired) electrons. The van der Waals surface area contributed by atoms with Crippen LogP contribution in [0, 0.1) is 0 Å². The molecule has 4 heteroatoms. The fraction of sp³-hybridized carbons (Fsp3) is 0.316. The quantitative estimate of drug-likeness (QED) is 0.863. The molecule has 2 aromatic carbocycles. The van der Waals surface area contributed by atoms with E-state index < -0.39 is 0 Å². The summed E-state index contributed by atoms with van der Waals surface area (Å²) in [6.07, 6.45) is 4.26. The predicted octanol–water partition coefficient (Wildman–Crippen LogP) is 3.93. The van der Waals surface area contributed by atoms with Crippen molar-refractivity contribution < 1.29 is 4.79 Å². The molecule has 1 aliphatic rings. The molecule has 23 heavy (non-hydrogen) atoms. The minimum atomic E-state index is 0. The summed E-state index contributed by atoms with van der Waals surface area (Å²) in [6, 6.07) is 18.1. The van der Waals surface area contributed by atoms with Crippen LogP contribution in [0.1, 0.15) is 35.2 Å². The van der Waals surface area contributed by atoms with Gasteiger partial charge in [-0.1, -0.05) is 30.3 Å². The van der Waals surface area contributed by atoms with E-state index in [1.54, 1.807) is 12.1 Å². The monoisotopic (exact) mass is 330 g/mol. The molecule has 122 valence electrons. The van der Waals surface area contributed by atoms with E-state index in [1.807, 2.05) is 23.1 Å². The summed E-state index contributed by atoms with van der Waals surface area (Å²) >= 11 is 0. The molecule has 1 saturated heterocycles. The fourth-order valence-electron chi connectivity index (χ4n) is 3.17. The molecule has 0 aliphatic carbocycles. The molecule has 1 amide bonds. The molecule has 0 bridgehead atoms. The van der Waals surface area contributed by atoms with Gasteiger partial charge in [-0.05, 0) is 55.5 Å². The first-order valence-electron chi connectivity index (χ1n) is 7.94. The molecule has 0 spiro atoms. The van der Waals surface area contributed by atoms with Crippen LogP contribution < -0.4 is 5.73 Å². The molecular formula is C19H23ClN2O. The Labute approximate surface area is 143 Å². The third-order valence-corrected chi connectivity index (χ3v) is 4.40. The molecule has 0 saturated carbocycles. The molecule has 1 unspecified atom stereocenters. The summed E-state index contributed by atoms with van der Waals surface area (Å²) in [4.78, 5) is 14.7. The van der Waals surface area contributed by atoms with Crippen LogP contribution in [0.15, 0.2) is 54.6 Å². The Bertz CT molecular complexity index is 628. The molecule has 3 rings (SSSR count). The SMILES string of the molecule is Cl.Nc1ccc(C(=O)N2CCCC2CCc2ccccc2)cc1. The van der Waals surface area contributed by atoms with Crippen LogP contribution in [-0.4, -0.2) is 23.4 Å². The zero-order valence-electron chi connectivity index (χ0n) is 13.2. The van der Waals surface area contributed by atoms with Gasteiger partial charge in [0.2, 0.25) is 0 Å². The van der Waals surface area contributed by atoms with Crippen LogP contribution in [-0.2, 0) is 6.42 Å². The maximum atomic E-state index is 12.7. The summed E-state index contributed by atoms with van der Waals surface area (Å²) in [7, 11) is 0. The largest absolute Gasteiger partial charge is 0.399 e. The van der Waals surface area contributed by atoms with Crippen molar-refractivity contribution in [1.29, 1.82) is 0 Å². The van der Waals surface area contributed by atoms with Gasteiger partial charge >= 0.3 is 0 Å². The number of likely N-dealkylation sites (tertiary alicyclic amines) is 1. The Morgan fingerprint density at radius 1 is 1.09 bits per heavy atom. The van der Waals surface area contributed by atoms with Crippen molar-refractivity contribution in [1.82, 2.24) is 4.90 Å². The summed E-state index contributed by atoms with van der Waals surface area (Å²) < 4.78 is 0. The lowest BCUT2D eigenvalue weighted by atomic mass is 10.0. The van der Waals surface area contributed by atoms with Crippen LogP contribution in [0.25, 0.3) is 0 Å². The molecule has 1 heterocycles. The number of hydrogen-bond donors (Lipinski definition) is 1. The van der Waals surface area contributed by atoms with E-state index in [0.29, 0.717) is 11.7 Å². The van der Waals surface area contributed by atoms with Gasteiger partial charge in [-0.2, -0.15) is 0 Å². The van der Waals surface area contributed by atoms with Crippen LogP contribution in [0.3, 0.4) is 0 Å². The highest BCUT2D eigenvalue weighted by molar-refractivity contribution is 5.94. The molecule has 2 aromatic rings. The summed E-state index contributed by atoms with van der Waals surface area (Å²) in [5, 5.41) is 0. The normalized spacial score (nSPS) is 16.9. The highest BCUT2D eigenvalue weighted by Gasteiger charge is 2.28. The molecule has 1 fully saturated rings. The second-order valence-electron chi connectivity index (χ2n) is 5.94. The lowest BCUT2D eigenvalue weighted by Gasteiger charge is -2.25. The number of amides is 1. The average molecular weight is 331 g/mol. The Hall–Kier alpha value is -2.00. The smallest absolute Gasteiger partial charge is 0.254 e. The van der Waals surface area contributed by atoms with Crippen LogP contribution in [0.4, 0.5) is 5.69 Å². The lowest BCUT2D eigenvalue weighted by Crippen LogP contribution is -2.35. The minimum absolute atomic E-state index is 0. The van der Waals surface area contributed by atoms with Gasteiger partial charge in [0.05, 0.1) is 0 Å². The number of nitrogen functional groups attached to an aromatic ring is 1. The zero-order valence-corrected chi connectivity index (χ0v) is 14.0. The van der Waals surface area contributed by atoms with Gasteiger partial charge in [-0.25, -0.2) is 0 Å². The van der Waals surface area contributed by atoms with Crippen LogP contribution >= 0.6 is 12.4 Å². The summed E-state index contributed by atoms with van der Waals surface area (Å²) in [6.45, 7) is 0.864. The number of nitrogens with zero attached hydrogens (tertiary/aromatic N) is 1. The lowest BCUT2D eigenvalue weighted by molar-refractivity contribution is 0.0730. The van der Waals surface area contributed by atoms with Gasteiger partial charge in [0.1, 0.15) is 0 Å². The molecule has 1 aliphatic heterocycles. The number of anilines is 1. The van der Waals surface area contributed by atoms with Crippen molar-refractivity contribution in [3.63, 3.8) is 0 Å². The van der Waals surface area contributed by atoms with Gasteiger partial charge in [0.25, 0.3) is 5.91 Å². The summed E-state index contributed by atoms with van der Waals surface area (Å²) in [5.41, 5.74) is 8.47. The Kier molecular flexibility index (Phi) is 6.05. The predicted molar refractivity (Wildman–Crippen MR) is 96.9 cm³/mol. The average Bonchev–Trinajstić information content (AvgIpc) is 3.02. The standard InChI is InChI=1S/C19H22N2O.ClH/c20-17-11-9-16(10-12-17)19(22)21-14-4-7-18(21)13-8-15-5-2-1-3-6-15;/h1-3,5-6,9-12,18H,4,7-8,13-14,20H2;1H. The first kappa shape index (κ1) is 17.4. The second-order valence-corrected chi connectivity index (χ2v) is 5.94. The van der Waals surface area contributed by atoms with E-state index in [4.69, 9.17) is 5.73 Å². The van der Waals surface area contributed by atoms with Gasteiger partial charge < -0.3 is 10.6 Å². The van der Waals surface area contributed by atoms with E-state index in [-0.39, 0.29) is 18.3 Å². The number of benzene rings is 2. The van der Waals surface area contributed by atoms with E-state index >= 15 is 0 Å². The van der Waals surface area contributed by atoms with E-state index in [2.05, 4.69) is 24.3 Å². The van der Waals surface area contributed by atoms with Crippen LogP contribution in [0.2, 0.25) is 0 Å². The van der Waals surface area contributed by atoms with Gasteiger partial charge in [-0.3, -0.25) is 4.79 Å². The topological polar surface area (TPSA) is 46.3 Å². The van der Waals surface area contributed by atoms with Crippen molar-refractivity contribution in [2.24, 2.45) is 0 Å². The number of halogens is 1. The van der Waals surface area contributed by atoms with Crippen molar-refractivity contribution in [3.8, 4) is 0 Å². The Balaban J connectivity index is 0.00000192. The van der Waals surface area contributed by atoms with Crippen molar-refractivity contribution in [2.45, 2.75) is 31.7 Å². The number of nitrogens with two attached hydrogens (primary N) is 1. The number of hydrogen-bond acceptors (Lipinski definition) is 2. The first-order valence-corrected chi connectivity index (χ1v) is 7.94. The Morgan fingerprint density at radius 2 is 1.78 bits per heavy atom. The van der Waals surface area contributed by atoms with E-state index in [0.717, 1.165) is 37.8 Å². The van der Waals surface area contributed by atoms with E-state index in [1.165, 1.54) is 5.56 Å². The second kappa shape index (κ2) is 8.02. The Morgan fingerprint density at radius 3 is 2.48 bits per heavy atom. The molecule has 3 nitrogen and oxygen atoms in total. The van der Waals surface area contributed by atoms with Gasteiger partial charge in [0.15, 0.2) is 0 Å². The van der Waals surface area contributed by atoms with Crippen LogP contribution in [0.5, 0.6) is 0 Å². The number of carbonyl (C=O) groups is 1. The van der Waals surface area contributed by atoms with E-state index in [9.17, 15) is 4.79 Å². The third-order valence-electron chi connectivity index (χ3n) is 4.40. The highest BCUT2D eigenvalue weighted by Crippen LogP contribution is 2.24. The number of carbonyl (C=O) groups excluding carboxylic acids is 1. The van der Waals surface area contributed by atoms with Gasteiger partial charge in [0, 0.05) is 23.8 Å². The fourth-order valence-corrected chi connectivity index (χ4v) is 3.17. The molecule has 0 aromatic heterocycles. The van der Waals surface area contributed by atoms with Crippen molar-refractivity contribution in [3.05, 3.63) is 65.7 Å². The molecule has 1 atom stereocenters. The number of aryl methyl sites for hydroxylation is 1.